The predicted octanol–water partition coefficient (Wildman–Crippen LogP) is 2.93. The van der Waals surface area contributed by atoms with Crippen molar-refractivity contribution in [2.24, 2.45) is 0 Å². The van der Waals surface area contributed by atoms with Crippen LogP contribution in [0.2, 0.25) is 0 Å². The van der Waals surface area contributed by atoms with Gasteiger partial charge in [0.2, 0.25) is 5.91 Å². The SMILES string of the molecule is CCCCCCCCCCCCCC(=O)NCC(=O)[O-].[NH4+]. The molecule has 0 atom stereocenters. The van der Waals surface area contributed by atoms with Crippen molar-refractivity contribution in [3.63, 3.8) is 0 Å². The smallest absolute Gasteiger partial charge is 0.220 e. The van der Waals surface area contributed by atoms with E-state index < -0.39 is 5.97 Å². The Labute approximate surface area is 129 Å². The summed E-state index contributed by atoms with van der Waals surface area (Å²) in [6.45, 7) is 1.86. The topological polar surface area (TPSA) is 106 Å². The van der Waals surface area contributed by atoms with Crippen LogP contribution in [0.15, 0.2) is 0 Å². The summed E-state index contributed by atoms with van der Waals surface area (Å²) in [6, 6.07) is 0. The standard InChI is InChI=1S/C16H31NO3.H3N/c1-2-3-4-5-6-7-8-9-10-11-12-13-15(18)17-14-16(19)20;/h2-14H2,1H3,(H,17,18)(H,19,20);1H3. The Morgan fingerprint density at radius 1 is 0.810 bits per heavy atom. The van der Waals surface area contributed by atoms with Gasteiger partial charge in [-0.25, -0.2) is 0 Å². The maximum absolute atomic E-state index is 11.2. The average molecular weight is 302 g/mol. The van der Waals surface area contributed by atoms with Crippen molar-refractivity contribution in [3.05, 3.63) is 0 Å². The van der Waals surface area contributed by atoms with Crippen LogP contribution >= 0.6 is 0 Å². The monoisotopic (exact) mass is 302 g/mol. The number of unbranched alkanes of at least 4 members (excludes halogenated alkanes) is 10. The van der Waals surface area contributed by atoms with Crippen LogP contribution in [0.5, 0.6) is 0 Å². The highest BCUT2D eigenvalue weighted by Crippen LogP contribution is 2.11. The fourth-order valence-corrected chi connectivity index (χ4v) is 2.21. The molecule has 126 valence electrons. The highest BCUT2D eigenvalue weighted by Gasteiger charge is 2.00. The van der Waals surface area contributed by atoms with Gasteiger partial charge in [-0.05, 0) is 6.42 Å². The predicted molar refractivity (Wildman–Crippen MR) is 85.1 cm³/mol. The van der Waals surface area contributed by atoms with E-state index in [-0.39, 0.29) is 18.6 Å². The van der Waals surface area contributed by atoms with E-state index >= 15 is 0 Å². The summed E-state index contributed by atoms with van der Waals surface area (Å²) < 4.78 is 0. The molecule has 0 rings (SSSR count). The molecule has 0 aliphatic heterocycles. The Hall–Kier alpha value is -1.10. The van der Waals surface area contributed by atoms with Crippen LogP contribution in [-0.4, -0.2) is 18.4 Å². The quantitative estimate of drug-likeness (QED) is 0.482. The second kappa shape index (κ2) is 17.0. The molecule has 0 heterocycles. The highest BCUT2D eigenvalue weighted by atomic mass is 16.4. The molecule has 0 radical (unpaired) electrons. The van der Waals surface area contributed by atoms with Gasteiger partial charge in [-0.1, -0.05) is 71.1 Å². The summed E-state index contributed by atoms with van der Waals surface area (Å²) in [4.78, 5) is 21.3. The summed E-state index contributed by atoms with van der Waals surface area (Å²) in [7, 11) is 0. The molecule has 0 aromatic rings. The van der Waals surface area contributed by atoms with Crippen molar-refractivity contribution in [1.29, 1.82) is 0 Å². The lowest BCUT2D eigenvalue weighted by Crippen LogP contribution is -2.37. The van der Waals surface area contributed by atoms with Gasteiger partial charge in [0.1, 0.15) is 0 Å². The Balaban J connectivity index is 0. The van der Waals surface area contributed by atoms with E-state index in [0.29, 0.717) is 6.42 Å². The van der Waals surface area contributed by atoms with E-state index in [1.165, 1.54) is 57.8 Å². The first-order chi connectivity index (χ1) is 9.66. The number of amides is 1. The molecule has 0 saturated heterocycles. The van der Waals surface area contributed by atoms with Gasteiger partial charge >= 0.3 is 0 Å². The summed E-state index contributed by atoms with van der Waals surface area (Å²) in [5.41, 5.74) is 0. The van der Waals surface area contributed by atoms with Crippen LogP contribution in [0.25, 0.3) is 0 Å². The largest absolute Gasteiger partial charge is 0.548 e. The number of carbonyl (C=O) groups is 2. The van der Waals surface area contributed by atoms with Crippen LogP contribution in [0.3, 0.4) is 0 Å². The minimum absolute atomic E-state index is 0. The number of rotatable bonds is 14. The van der Waals surface area contributed by atoms with Crippen LogP contribution in [0.1, 0.15) is 84.0 Å². The highest BCUT2D eigenvalue weighted by molar-refractivity contribution is 5.80. The molecule has 0 fully saturated rings. The lowest BCUT2D eigenvalue weighted by Gasteiger charge is -2.05. The molecule has 5 heteroatoms. The molecular formula is C16H34N2O3. The van der Waals surface area contributed by atoms with Gasteiger partial charge in [0.15, 0.2) is 0 Å². The summed E-state index contributed by atoms with van der Waals surface area (Å²) in [6.07, 6.45) is 14.1. The van der Waals surface area contributed by atoms with Crippen molar-refractivity contribution in [1.82, 2.24) is 11.5 Å². The van der Waals surface area contributed by atoms with Gasteiger partial charge in [0.05, 0.1) is 12.5 Å². The molecule has 1 amide bonds. The van der Waals surface area contributed by atoms with Crippen molar-refractivity contribution < 1.29 is 14.7 Å². The molecule has 21 heavy (non-hydrogen) atoms. The Bertz CT molecular complexity index is 258. The maximum Gasteiger partial charge on any atom is 0.220 e. The van der Waals surface area contributed by atoms with Crippen molar-refractivity contribution in [3.8, 4) is 0 Å². The van der Waals surface area contributed by atoms with Crippen LogP contribution in [0, 0.1) is 0 Å². The van der Waals surface area contributed by atoms with Gasteiger partial charge in [0, 0.05) is 6.42 Å². The van der Waals surface area contributed by atoms with E-state index in [9.17, 15) is 14.7 Å². The number of hydrogen-bond donors (Lipinski definition) is 2. The lowest BCUT2D eigenvalue weighted by atomic mass is 10.1. The zero-order valence-corrected chi connectivity index (χ0v) is 13.9. The fraction of sp³-hybridized carbons (Fsp3) is 0.875. The molecule has 0 aliphatic carbocycles. The lowest BCUT2D eigenvalue weighted by molar-refractivity contribution is -0.304. The van der Waals surface area contributed by atoms with E-state index in [1.807, 2.05) is 0 Å². The first-order valence-corrected chi connectivity index (χ1v) is 8.13. The first-order valence-electron chi connectivity index (χ1n) is 8.13. The molecular weight excluding hydrogens is 268 g/mol. The minimum Gasteiger partial charge on any atom is -0.548 e. The van der Waals surface area contributed by atoms with Crippen molar-refractivity contribution in [2.45, 2.75) is 84.0 Å². The third-order valence-electron chi connectivity index (χ3n) is 3.44. The van der Waals surface area contributed by atoms with Crippen LogP contribution in [-0.2, 0) is 9.59 Å². The molecule has 5 N–H and O–H groups in total. The summed E-state index contributed by atoms with van der Waals surface area (Å²) >= 11 is 0. The molecule has 0 spiro atoms. The Morgan fingerprint density at radius 2 is 1.24 bits per heavy atom. The fourth-order valence-electron chi connectivity index (χ4n) is 2.21. The molecule has 5 nitrogen and oxygen atoms in total. The zero-order valence-electron chi connectivity index (χ0n) is 13.9. The average Bonchev–Trinajstić information content (AvgIpc) is 2.42. The van der Waals surface area contributed by atoms with Crippen LogP contribution in [0.4, 0.5) is 0 Å². The molecule has 0 bridgehead atoms. The number of hydrogen-bond acceptors (Lipinski definition) is 3. The number of nitrogens with one attached hydrogen (secondary N) is 1. The molecule has 0 saturated carbocycles. The Morgan fingerprint density at radius 3 is 1.67 bits per heavy atom. The Kier molecular flexibility index (Phi) is 17.9. The van der Waals surface area contributed by atoms with Crippen molar-refractivity contribution in [2.75, 3.05) is 6.54 Å². The number of carboxylic acid groups (broad SMARTS) is 1. The van der Waals surface area contributed by atoms with E-state index in [1.54, 1.807) is 0 Å². The van der Waals surface area contributed by atoms with E-state index in [2.05, 4.69) is 12.2 Å². The third-order valence-corrected chi connectivity index (χ3v) is 3.44. The first kappa shape index (κ1) is 22.2. The molecule has 0 aliphatic rings. The zero-order chi connectivity index (χ0) is 15.1. The second-order valence-corrected chi connectivity index (χ2v) is 5.43. The van der Waals surface area contributed by atoms with Gasteiger partial charge in [-0.2, -0.15) is 0 Å². The second-order valence-electron chi connectivity index (χ2n) is 5.43. The normalized spacial score (nSPS) is 9.95. The van der Waals surface area contributed by atoms with E-state index in [0.717, 1.165) is 12.8 Å². The molecule has 0 aromatic heterocycles. The number of carboxylic acids is 1. The van der Waals surface area contributed by atoms with E-state index in [4.69, 9.17) is 0 Å². The number of quaternary nitrogens is 1. The minimum atomic E-state index is -1.24. The van der Waals surface area contributed by atoms with Gasteiger partial charge in [0.25, 0.3) is 0 Å². The maximum atomic E-state index is 11.2. The van der Waals surface area contributed by atoms with Gasteiger partial charge in [-0.3, -0.25) is 4.79 Å². The molecule has 0 unspecified atom stereocenters. The summed E-state index contributed by atoms with van der Waals surface area (Å²) in [5.74, 6) is -1.43. The van der Waals surface area contributed by atoms with Gasteiger partial charge < -0.3 is 21.4 Å². The third kappa shape index (κ3) is 18.9. The van der Waals surface area contributed by atoms with Gasteiger partial charge in [-0.15, -0.1) is 0 Å². The number of aliphatic carboxylic acids is 1. The number of carbonyl (C=O) groups excluding carboxylic acids is 2. The summed E-state index contributed by atoms with van der Waals surface area (Å²) in [5, 5.41) is 12.5. The van der Waals surface area contributed by atoms with Crippen LogP contribution < -0.4 is 16.6 Å². The van der Waals surface area contributed by atoms with Crippen molar-refractivity contribution >= 4 is 11.9 Å². The molecule has 0 aromatic carbocycles.